The van der Waals surface area contributed by atoms with Crippen molar-refractivity contribution in [2.75, 3.05) is 45.8 Å². The molecule has 0 bridgehead atoms. The van der Waals surface area contributed by atoms with Crippen molar-refractivity contribution in [2.45, 2.75) is 33.6 Å². The molecule has 1 spiro atoms. The van der Waals surface area contributed by atoms with Gasteiger partial charge in [0.15, 0.2) is 0 Å². The van der Waals surface area contributed by atoms with E-state index in [1.165, 1.54) is 51.3 Å². The Morgan fingerprint density at radius 1 is 1.26 bits per heavy atom. The summed E-state index contributed by atoms with van der Waals surface area (Å²) in [6.45, 7) is 19.3. The molecule has 2 rings (SSSR count). The Morgan fingerprint density at radius 3 is 2.42 bits per heavy atom. The number of likely N-dealkylation sites (N-methyl/N-ethyl adjacent to an activating group) is 1. The summed E-state index contributed by atoms with van der Waals surface area (Å²) < 4.78 is 0. The van der Waals surface area contributed by atoms with Crippen LogP contribution in [0.4, 0.5) is 0 Å². The minimum Gasteiger partial charge on any atom is -0.373 e. The fraction of sp³-hybridized carbons (Fsp3) is 0.875. The molecule has 3 nitrogen and oxygen atoms in total. The maximum atomic E-state index is 4.20. The van der Waals surface area contributed by atoms with E-state index in [1.807, 2.05) is 0 Å². The van der Waals surface area contributed by atoms with Gasteiger partial charge in [0.25, 0.3) is 0 Å². The molecule has 0 aliphatic carbocycles. The van der Waals surface area contributed by atoms with Gasteiger partial charge < -0.3 is 15.1 Å². The summed E-state index contributed by atoms with van der Waals surface area (Å²) in [7, 11) is 0. The van der Waals surface area contributed by atoms with Gasteiger partial charge in [-0.15, -0.1) is 0 Å². The van der Waals surface area contributed by atoms with Crippen molar-refractivity contribution in [3.05, 3.63) is 12.3 Å². The van der Waals surface area contributed by atoms with Crippen LogP contribution in [0.25, 0.3) is 0 Å². The molecule has 0 radical (unpaired) electrons. The van der Waals surface area contributed by atoms with Crippen LogP contribution in [-0.4, -0.2) is 55.6 Å². The van der Waals surface area contributed by atoms with Gasteiger partial charge in [-0.1, -0.05) is 27.4 Å². The van der Waals surface area contributed by atoms with Crippen molar-refractivity contribution in [1.29, 1.82) is 0 Å². The lowest BCUT2D eigenvalue weighted by molar-refractivity contribution is -0.0291. The molecule has 0 aromatic carbocycles. The highest BCUT2D eigenvalue weighted by Crippen LogP contribution is 2.41. The van der Waals surface area contributed by atoms with Gasteiger partial charge in [0.2, 0.25) is 0 Å². The maximum Gasteiger partial charge on any atom is 0.0349 e. The van der Waals surface area contributed by atoms with E-state index >= 15 is 0 Å². The van der Waals surface area contributed by atoms with Crippen LogP contribution >= 0.6 is 0 Å². The third-order valence-electron chi connectivity index (χ3n) is 4.62. The quantitative estimate of drug-likeness (QED) is 0.794. The Labute approximate surface area is 119 Å². The van der Waals surface area contributed by atoms with E-state index in [-0.39, 0.29) is 0 Å². The van der Waals surface area contributed by atoms with Crippen molar-refractivity contribution in [3.63, 3.8) is 0 Å². The van der Waals surface area contributed by atoms with Crippen molar-refractivity contribution < 1.29 is 0 Å². The first-order valence-corrected chi connectivity index (χ1v) is 7.90. The zero-order valence-electron chi connectivity index (χ0n) is 13.0. The summed E-state index contributed by atoms with van der Waals surface area (Å²) >= 11 is 0. The van der Waals surface area contributed by atoms with Gasteiger partial charge in [-0.3, -0.25) is 0 Å². The van der Waals surface area contributed by atoms with E-state index < -0.39 is 0 Å². The summed E-state index contributed by atoms with van der Waals surface area (Å²) in [5, 5.41) is 3.37. The number of hydrogen-bond donors (Lipinski definition) is 1. The smallest absolute Gasteiger partial charge is 0.0349 e. The molecule has 0 unspecified atom stereocenters. The molecule has 0 atom stereocenters. The monoisotopic (exact) mass is 265 g/mol. The normalized spacial score (nSPS) is 22.8. The van der Waals surface area contributed by atoms with Crippen LogP contribution in [0.1, 0.15) is 33.6 Å². The molecular weight excluding hydrogens is 234 g/mol. The Balaban J connectivity index is 1.70. The second-order valence-electron chi connectivity index (χ2n) is 6.90. The zero-order valence-corrected chi connectivity index (χ0v) is 13.0. The Morgan fingerprint density at radius 2 is 1.89 bits per heavy atom. The number of nitrogens with zero attached hydrogens (tertiary/aromatic N) is 2. The predicted octanol–water partition coefficient (Wildman–Crippen LogP) is 2.16. The van der Waals surface area contributed by atoms with Gasteiger partial charge >= 0.3 is 0 Å². The highest BCUT2D eigenvalue weighted by Gasteiger charge is 2.44. The van der Waals surface area contributed by atoms with E-state index in [0.717, 1.165) is 19.0 Å². The molecule has 2 fully saturated rings. The van der Waals surface area contributed by atoms with Crippen molar-refractivity contribution in [3.8, 4) is 0 Å². The fourth-order valence-corrected chi connectivity index (χ4v) is 3.41. The van der Waals surface area contributed by atoms with E-state index in [2.05, 4.69) is 42.5 Å². The van der Waals surface area contributed by atoms with E-state index in [4.69, 9.17) is 0 Å². The molecule has 0 amide bonds. The molecule has 1 N–H and O–H groups in total. The number of piperidine rings is 1. The first kappa shape index (κ1) is 14.9. The molecule has 0 aromatic rings. The van der Waals surface area contributed by atoms with Crippen LogP contribution < -0.4 is 5.32 Å². The summed E-state index contributed by atoms with van der Waals surface area (Å²) in [5.41, 5.74) is 1.89. The molecule has 3 heteroatoms. The van der Waals surface area contributed by atoms with Crippen LogP contribution in [0.2, 0.25) is 0 Å². The largest absolute Gasteiger partial charge is 0.373 e. The lowest BCUT2D eigenvalue weighted by Crippen LogP contribution is -2.60. The molecule has 110 valence electrons. The summed E-state index contributed by atoms with van der Waals surface area (Å²) in [5.74, 6) is 0.798. The molecule has 2 heterocycles. The van der Waals surface area contributed by atoms with Gasteiger partial charge in [0, 0.05) is 37.3 Å². The van der Waals surface area contributed by atoms with Gasteiger partial charge in [-0.2, -0.15) is 0 Å². The number of nitrogens with one attached hydrogen (secondary N) is 1. The first-order chi connectivity index (χ1) is 9.04. The number of hydrogen-bond acceptors (Lipinski definition) is 3. The highest BCUT2D eigenvalue weighted by atomic mass is 15.2. The van der Waals surface area contributed by atoms with Crippen molar-refractivity contribution in [1.82, 2.24) is 15.1 Å². The Kier molecular flexibility index (Phi) is 4.91. The molecular formula is C16H31N3. The van der Waals surface area contributed by atoms with Gasteiger partial charge in [-0.05, 0) is 38.4 Å². The maximum absolute atomic E-state index is 4.20. The second kappa shape index (κ2) is 6.27. The molecule has 19 heavy (non-hydrogen) atoms. The van der Waals surface area contributed by atoms with E-state index in [1.54, 1.807) is 0 Å². The average molecular weight is 265 g/mol. The van der Waals surface area contributed by atoms with Crippen LogP contribution in [-0.2, 0) is 0 Å². The Bertz CT molecular complexity index is 295. The van der Waals surface area contributed by atoms with Crippen LogP contribution in [0.3, 0.4) is 0 Å². The van der Waals surface area contributed by atoms with Crippen LogP contribution in [0, 0.1) is 11.3 Å². The molecule has 0 saturated carbocycles. The Hall–Kier alpha value is -0.540. The first-order valence-electron chi connectivity index (χ1n) is 7.90. The second-order valence-corrected chi connectivity index (χ2v) is 6.90. The lowest BCUT2D eigenvalue weighted by atomic mass is 9.71. The van der Waals surface area contributed by atoms with E-state index in [0.29, 0.717) is 5.41 Å². The minimum absolute atomic E-state index is 0.614. The molecule has 2 saturated heterocycles. The summed E-state index contributed by atoms with van der Waals surface area (Å²) in [4.78, 5) is 5.12. The zero-order chi connectivity index (χ0) is 13.9. The van der Waals surface area contributed by atoms with Gasteiger partial charge in [-0.25, -0.2) is 0 Å². The van der Waals surface area contributed by atoms with Gasteiger partial charge in [0.05, 0.1) is 0 Å². The minimum atomic E-state index is 0.614. The standard InChI is InChI=1S/C16H31N3/c1-5-17-10-15(4)19-12-16(13-19)6-8-18(9-7-16)11-14(2)3/h14,17H,4-13H2,1-3H3. The van der Waals surface area contributed by atoms with Crippen LogP contribution in [0.15, 0.2) is 12.3 Å². The molecule has 0 aromatic heterocycles. The lowest BCUT2D eigenvalue weighted by Gasteiger charge is -2.55. The van der Waals surface area contributed by atoms with Crippen molar-refractivity contribution >= 4 is 0 Å². The molecule has 2 aliphatic heterocycles. The summed E-state index contributed by atoms with van der Waals surface area (Å²) in [6, 6.07) is 0. The summed E-state index contributed by atoms with van der Waals surface area (Å²) in [6.07, 6.45) is 2.76. The van der Waals surface area contributed by atoms with Gasteiger partial charge in [0.1, 0.15) is 0 Å². The molecule has 2 aliphatic rings. The third kappa shape index (κ3) is 3.73. The van der Waals surface area contributed by atoms with Crippen LogP contribution in [0.5, 0.6) is 0 Å². The number of rotatable bonds is 6. The average Bonchev–Trinajstić information content (AvgIpc) is 2.33. The fourth-order valence-electron chi connectivity index (χ4n) is 3.41. The SMILES string of the molecule is C=C(CNCC)N1CC2(CCN(CC(C)C)CC2)C1. The topological polar surface area (TPSA) is 18.5 Å². The van der Waals surface area contributed by atoms with E-state index in [9.17, 15) is 0 Å². The number of likely N-dealkylation sites (tertiary alicyclic amines) is 2. The van der Waals surface area contributed by atoms with Crippen molar-refractivity contribution in [2.24, 2.45) is 11.3 Å². The third-order valence-corrected chi connectivity index (χ3v) is 4.62. The predicted molar refractivity (Wildman–Crippen MR) is 82.2 cm³/mol. The highest BCUT2D eigenvalue weighted by molar-refractivity contribution is 5.09.